The zero-order valence-corrected chi connectivity index (χ0v) is 14.2. The average Bonchev–Trinajstić information content (AvgIpc) is 2.96. The molecule has 9 heteroatoms. The lowest BCUT2D eigenvalue weighted by Crippen LogP contribution is -2.46. The van der Waals surface area contributed by atoms with Gasteiger partial charge in [-0.1, -0.05) is 17.3 Å². The van der Waals surface area contributed by atoms with Crippen LogP contribution in [-0.4, -0.2) is 41.2 Å². The largest absolute Gasteiger partial charge is 0.367 e. The predicted molar refractivity (Wildman–Crippen MR) is 90.6 cm³/mol. The third-order valence-corrected chi connectivity index (χ3v) is 3.62. The number of anilines is 1. The van der Waals surface area contributed by atoms with Crippen LogP contribution in [0.15, 0.2) is 28.8 Å². The lowest BCUT2D eigenvalue weighted by Gasteiger charge is -2.35. The van der Waals surface area contributed by atoms with Crippen LogP contribution >= 0.6 is 24.8 Å². The van der Waals surface area contributed by atoms with Crippen molar-refractivity contribution in [2.75, 3.05) is 31.1 Å². The molecule has 1 fully saturated rings. The monoisotopic (exact) mass is 363 g/mol. The van der Waals surface area contributed by atoms with E-state index in [0.717, 1.165) is 26.2 Å². The third-order valence-electron chi connectivity index (χ3n) is 3.62. The van der Waals surface area contributed by atoms with Crippen molar-refractivity contribution in [2.45, 2.75) is 13.1 Å². The summed E-state index contributed by atoms with van der Waals surface area (Å²) in [5, 5.41) is 3.89. The summed E-state index contributed by atoms with van der Waals surface area (Å²) in [5.74, 6) is 0.932. The van der Waals surface area contributed by atoms with Gasteiger partial charge in [0, 0.05) is 26.2 Å². The molecule has 1 aliphatic rings. The summed E-state index contributed by atoms with van der Waals surface area (Å²) in [6.07, 6.45) is 0. The minimum Gasteiger partial charge on any atom is -0.367 e. The number of rotatable bonds is 4. The number of hydrogen-bond donors (Lipinski definition) is 1. The Morgan fingerprint density at radius 1 is 1.13 bits per heavy atom. The molecule has 0 amide bonds. The van der Waals surface area contributed by atoms with Crippen LogP contribution in [0.5, 0.6) is 0 Å². The molecule has 0 saturated carbocycles. The molecule has 6 nitrogen and oxygen atoms in total. The van der Waals surface area contributed by atoms with Gasteiger partial charge in [0.2, 0.25) is 5.89 Å². The number of para-hydroxylation sites is 1. The summed E-state index contributed by atoms with van der Waals surface area (Å²) >= 11 is 0. The summed E-state index contributed by atoms with van der Waals surface area (Å²) in [7, 11) is 0. The highest BCUT2D eigenvalue weighted by molar-refractivity contribution is 5.85. The van der Waals surface area contributed by atoms with Crippen LogP contribution in [0.4, 0.5) is 10.1 Å². The second-order valence-electron chi connectivity index (χ2n) is 5.02. The maximum atomic E-state index is 13.8. The molecular formula is C14H20Cl2FN5O. The first-order chi connectivity index (χ1) is 10.3. The highest BCUT2D eigenvalue weighted by atomic mass is 35.5. The number of piperazine rings is 1. The highest BCUT2D eigenvalue weighted by Crippen LogP contribution is 2.20. The van der Waals surface area contributed by atoms with Crippen molar-refractivity contribution in [2.24, 2.45) is 5.73 Å². The third kappa shape index (κ3) is 4.78. The standard InChI is InChI=1S/C14H18FN5O.2ClH/c15-11-3-1-2-4-12(11)20-7-5-19(6-8-20)10-13-17-14(9-16)21-18-13;;/h1-4H,5-10,16H2;2*1H. The molecule has 0 atom stereocenters. The summed E-state index contributed by atoms with van der Waals surface area (Å²) in [5.41, 5.74) is 6.11. The van der Waals surface area contributed by atoms with E-state index in [2.05, 4.69) is 19.9 Å². The molecule has 23 heavy (non-hydrogen) atoms. The van der Waals surface area contributed by atoms with Crippen LogP contribution in [-0.2, 0) is 13.1 Å². The van der Waals surface area contributed by atoms with Crippen LogP contribution < -0.4 is 10.6 Å². The van der Waals surface area contributed by atoms with Crippen molar-refractivity contribution in [3.8, 4) is 0 Å². The van der Waals surface area contributed by atoms with Crippen LogP contribution in [0.1, 0.15) is 11.7 Å². The van der Waals surface area contributed by atoms with Crippen molar-refractivity contribution >= 4 is 30.5 Å². The molecule has 1 aliphatic heterocycles. The molecule has 0 unspecified atom stereocenters. The van der Waals surface area contributed by atoms with Gasteiger partial charge in [0.05, 0.1) is 18.8 Å². The molecule has 2 N–H and O–H groups in total. The first-order valence-electron chi connectivity index (χ1n) is 6.99. The molecule has 1 aromatic carbocycles. The van der Waals surface area contributed by atoms with Crippen LogP contribution in [0, 0.1) is 5.82 Å². The van der Waals surface area contributed by atoms with Gasteiger partial charge in [0.25, 0.3) is 0 Å². The summed E-state index contributed by atoms with van der Waals surface area (Å²) in [6.45, 7) is 4.12. The number of nitrogens with two attached hydrogens (primary N) is 1. The number of halogens is 3. The van der Waals surface area contributed by atoms with Crippen molar-refractivity contribution in [1.29, 1.82) is 0 Å². The van der Waals surface area contributed by atoms with Crippen LogP contribution in [0.3, 0.4) is 0 Å². The summed E-state index contributed by atoms with van der Waals surface area (Å²) in [6, 6.07) is 6.88. The van der Waals surface area contributed by atoms with Crippen LogP contribution in [0.25, 0.3) is 0 Å². The minimum atomic E-state index is -0.170. The Kier molecular flexibility index (Phi) is 7.70. The fourth-order valence-electron chi connectivity index (χ4n) is 2.49. The number of benzene rings is 1. The van der Waals surface area contributed by atoms with Gasteiger partial charge in [-0.05, 0) is 12.1 Å². The normalized spacial score (nSPS) is 15.0. The van der Waals surface area contributed by atoms with Gasteiger partial charge in [-0.25, -0.2) is 4.39 Å². The molecule has 1 aromatic heterocycles. The maximum Gasteiger partial charge on any atom is 0.240 e. The van der Waals surface area contributed by atoms with Gasteiger partial charge in [-0.3, -0.25) is 4.90 Å². The van der Waals surface area contributed by atoms with Gasteiger partial charge in [0.15, 0.2) is 5.82 Å². The molecule has 2 aromatic rings. The van der Waals surface area contributed by atoms with Crippen molar-refractivity contribution < 1.29 is 8.91 Å². The highest BCUT2D eigenvalue weighted by Gasteiger charge is 2.20. The SMILES string of the molecule is Cl.Cl.NCc1nc(CN2CCN(c3ccccc3F)CC2)no1. The molecule has 3 rings (SSSR count). The Balaban J connectivity index is 0.00000132. The van der Waals surface area contributed by atoms with Gasteiger partial charge >= 0.3 is 0 Å². The summed E-state index contributed by atoms with van der Waals surface area (Å²) in [4.78, 5) is 8.48. The second-order valence-corrected chi connectivity index (χ2v) is 5.02. The minimum absolute atomic E-state index is 0. The van der Waals surface area contributed by atoms with Crippen molar-refractivity contribution in [3.05, 3.63) is 41.8 Å². The average molecular weight is 364 g/mol. The Bertz CT molecular complexity index is 604. The first kappa shape index (κ1) is 19.6. The summed E-state index contributed by atoms with van der Waals surface area (Å²) < 4.78 is 18.7. The Morgan fingerprint density at radius 3 is 2.43 bits per heavy atom. The van der Waals surface area contributed by atoms with E-state index in [9.17, 15) is 4.39 Å². The molecule has 0 aliphatic carbocycles. The predicted octanol–water partition coefficient (Wildman–Crippen LogP) is 1.83. The van der Waals surface area contributed by atoms with E-state index in [1.54, 1.807) is 6.07 Å². The van der Waals surface area contributed by atoms with E-state index in [0.29, 0.717) is 23.9 Å². The fourth-order valence-corrected chi connectivity index (χ4v) is 2.49. The Labute approximate surface area is 146 Å². The first-order valence-corrected chi connectivity index (χ1v) is 6.99. The van der Waals surface area contributed by atoms with E-state index >= 15 is 0 Å². The van der Waals surface area contributed by atoms with Crippen molar-refractivity contribution in [1.82, 2.24) is 15.0 Å². The second kappa shape index (κ2) is 9.02. The molecular weight excluding hydrogens is 344 g/mol. The lowest BCUT2D eigenvalue weighted by atomic mass is 10.2. The zero-order valence-electron chi connectivity index (χ0n) is 12.5. The van der Waals surface area contributed by atoms with E-state index in [1.807, 2.05) is 12.1 Å². The van der Waals surface area contributed by atoms with Gasteiger partial charge < -0.3 is 15.2 Å². The molecule has 0 bridgehead atoms. The van der Waals surface area contributed by atoms with E-state index in [1.165, 1.54) is 6.07 Å². The fraction of sp³-hybridized carbons (Fsp3) is 0.429. The molecule has 2 heterocycles. The molecule has 0 spiro atoms. The molecule has 128 valence electrons. The smallest absolute Gasteiger partial charge is 0.240 e. The molecule has 1 saturated heterocycles. The Morgan fingerprint density at radius 2 is 1.83 bits per heavy atom. The van der Waals surface area contributed by atoms with Crippen molar-refractivity contribution in [3.63, 3.8) is 0 Å². The molecule has 0 radical (unpaired) electrons. The quantitative estimate of drug-likeness (QED) is 0.893. The van der Waals surface area contributed by atoms with Crippen LogP contribution in [0.2, 0.25) is 0 Å². The van der Waals surface area contributed by atoms with E-state index in [-0.39, 0.29) is 37.2 Å². The zero-order chi connectivity index (χ0) is 14.7. The van der Waals surface area contributed by atoms with Gasteiger partial charge in [0.1, 0.15) is 5.82 Å². The lowest BCUT2D eigenvalue weighted by molar-refractivity contribution is 0.239. The number of hydrogen-bond acceptors (Lipinski definition) is 6. The van der Waals surface area contributed by atoms with E-state index in [4.69, 9.17) is 10.3 Å². The van der Waals surface area contributed by atoms with Gasteiger partial charge in [-0.2, -0.15) is 4.98 Å². The Hall–Kier alpha value is -1.41. The van der Waals surface area contributed by atoms with E-state index < -0.39 is 0 Å². The topological polar surface area (TPSA) is 71.4 Å². The maximum absolute atomic E-state index is 13.8. The van der Waals surface area contributed by atoms with Gasteiger partial charge in [-0.15, -0.1) is 24.8 Å². The number of aromatic nitrogens is 2. The number of nitrogens with zero attached hydrogens (tertiary/aromatic N) is 4.